The summed E-state index contributed by atoms with van der Waals surface area (Å²) < 4.78 is 6.51. The molecule has 10 atom stereocenters. The van der Waals surface area contributed by atoms with Gasteiger partial charge in [0.05, 0.1) is 12.2 Å². The highest BCUT2D eigenvalue weighted by atomic mass is 16.6. The van der Waals surface area contributed by atoms with Gasteiger partial charge in [0.25, 0.3) is 0 Å². The maximum atomic E-state index is 10.4. The molecule has 2 heteroatoms. The third-order valence-electron chi connectivity index (χ3n) is 11.3. The Morgan fingerprint density at radius 1 is 0.966 bits per heavy atom. The molecule has 0 radical (unpaired) electrons. The summed E-state index contributed by atoms with van der Waals surface area (Å²) in [6.45, 7) is 12.6. The Hall–Kier alpha value is -0.0800. The van der Waals surface area contributed by atoms with E-state index in [0.717, 1.165) is 48.3 Å². The van der Waals surface area contributed by atoms with Crippen LogP contribution in [0.2, 0.25) is 0 Å². The molecule has 0 aromatic heterocycles. The second-order valence-corrected chi connectivity index (χ2v) is 13.0. The fourth-order valence-electron chi connectivity index (χ4n) is 9.68. The minimum absolute atomic E-state index is 0.0434. The minimum atomic E-state index is -0.124. The standard InChI is InChI=1S/C27H46O2/c1-17(2)7-6-8-18(3)21-9-10-22-20-15-24-27(29-24)16-19(28)11-14-26(27,5)23(20)12-13-25(21,22)4/h17-24,28H,6-16H2,1-5H3/t18-,19+,20-,21-,22-,23+,24-,25-,26-,27-/m1/s1. The molecule has 0 aromatic carbocycles. The Bertz CT molecular complexity index is 630. The molecule has 0 unspecified atom stereocenters. The van der Waals surface area contributed by atoms with Crippen molar-refractivity contribution in [3.63, 3.8) is 0 Å². The summed E-state index contributed by atoms with van der Waals surface area (Å²) in [7, 11) is 0. The van der Waals surface area contributed by atoms with Crippen molar-refractivity contribution in [2.24, 2.45) is 46.3 Å². The molecule has 5 fully saturated rings. The van der Waals surface area contributed by atoms with E-state index in [-0.39, 0.29) is 11.7 Å². The van der Waals surface area contributed by atoms with Gasteiger partial charge in [0.2, 0.25) is 0 Å². The minimum Gasteiger partial charge on any atom is -0.393 e. The van der Waals surface area contributed by atoms with E-state index in [1.165, 1.54) is 57.8 Å². The molecule has 0 aromatic rings. The lowest BCUT2D eigenvalue weighted by molar-refractivity contribution is -0.116. The number of epoxide rings is 1. The Balaban J connectivity index is 1.33. The number of aliphatic hydroxyl groups excluding tert-OH is 1. The zero-order valence-electron chi connectivity index (χ0n) is 19.8. The Morgan fingerprint density at radius 3 is 2.52 bits per heavy atom. The van der Waals surface area contributed by atoms with Crippen molar-refractivity contribution in [1.82, 2.24) is 0 Å². The molecule has 29 heavy (non-hydrogen) atoms. The van der Waals surface area contributed by atoms with Crippen LogP contribution in [0.1, 0.15) is 105 Å². The summed E-state index contributed by atoms with van der Waals surface area (Å²) in [6.07, 6.45) is 14.8. The van der Waals surface area contributed by atoms with E-state index in [1.807, 2.05) is 0 Å². The zero-order chi connectivity index (χ0) is 20.6. The molecule has 0 amide bonds. The first-order valence-electron chi connectivity index (χ1n) is 13.1. The van der Waals surface area contributed by atoms with Crippen LogP contribution < -0.4 is 0 Å². The summed E-state index contributed by atoms with van der Waals surface area (Å²) >= 11 is 0. The van der Waals surface area contributed by atoms with Crippen LogP contribution in [0.15, 0.2) is 0 Å². The summed E-state index contributed by atoms with van der Waals surface area (Å²) in [4.78, 5) is 0. The molecular weight excluding hydrogens is 356 g/mol. The van der Waals surface area contributed by atoms with E-state index in [1.54, 1.807) is 0 Å². The van der Waals surface area contributed by atoms with Crippen molar-refractivity contribution in [1.29, 1.82) is 0 Å². The number of fused-ring (bicyclic) bond motifs is 4. The first-order valence-corrected chi connectivity index (χ1v) is 13.1. The number of hydrogen-bond acceptors (Lipinski definition) is 2. The fraction of sp³-hybridized carbons (Fsp3) is 1.00. The molecule has 1 saturated heterocycles. The highest BCUT2D eigenvalue weighted by Gasteiger charge is 2.76. The topological polar surface area (TPSA) is 32.8 Å². The van der Waals surface area contributed by atoms with Crippen LogP contribution in [0.4, 0.5) is 0 Å². The van der Waals surface area contributed by atoms with Crippen molar-refractivity contribution < 1.29 is 9.84 Å². The number of hydrogen-bond donors (Lipinski definition) is 1. The van der Waals surface area contributed by atoms with E-state index in [0.29, 0.717) is 16.9 Å². The fourth-order valence-corrected chi connectivity index (χ4v) is 9.68. The summed E-state index contributed by atoms with van der Waals surface area (Å²) in [5.41, 5.74) is 0.932. The van der Waals surface area contributed by atoms with E-state index >= 15 is 0 Å². The maximum Gasteiger partial charge on any atom is 0.103 e. The lowest BCUT2D eigenvalue weighted by Crippen LogP contribution is -2.58. The molecule has 1 N–H and O–H groups in total. The van der Waals surface area contributed by atoms with Gasteiger partial charge in [0.1, 0.15) is 5.60 Å². The Kier molecular flexibility index (Phi) is 4.99. The molecule has 4 saturated carbocycles. The molecule has 4 aliphatic carbocycles. The van der Waals surface area contributed by atoms with Crippen LogP contribution in [-0.4, -0.2) is 22.9 Å². The smallest absolute Gasteiger partial charge is 0.103 e. The zero-order valence-corrected chi connectivity index (χ0v) is 19.8. The summed E-state index contributed by atoms with van der Waals surface area (Å²) in [6, 6.07) is 0. The van der Waals surface area contributed by atoms with Crippen molar-refractivity contribution in [2.75, 3.05) is 0 Å². The molecule has 166 valence electrons. The Labute approximate surface area is 179 Å². The van der Waals surface area contributed by atoms with E-state index < -0.39 is 0 Å². The van der Waals surface area contributed by atoms with Gasteiger partial charge >= 0.3 is 0 Å². The number of aliphatic hydroxyl groups is 1. The van der Waals surface area contributed by atoms with Gasteiger partial charge in [-0.2, -0.15) is 0 Å². The second-order valence-electron chi connectivity index (χ2n) is 13.0. The van der Waals surface area contributed by atoms with Crippen molar-refractivity contribution >= 4 is 0 Å². The molecule has 1 spiro atoms. The van der Waals surface area contributed by atoms with E-state index in [2.05, 4.69) is 34.6 Å². The Morgan fingerprint density at radius 2 is 1.76 bits per heavy atom. The first kappa shape index (κ1) is 20.8. The summed E-state index contributed by atoms with van der Waals surface area (Å²) in [5, 5.41) is 10.4. The largest absolute Gasteiger partial charge is 0.393 e. The normalized spacial score (nSPS) is 54.3. The van der Waals surface area contributed by atoms with Gasteiger partial charge in [-0.1, -0.05) is 53.9 Å². The van der Waals surface area contributed by atoms with Crippen LogP contribution in [-0.2, 0) is 4.74 Å². The molecule has 1 heterocycles. The SMILES string of the molecule is CC(C)CCC[C@@H](C)[C@H]1CC[C@@H]2[C@H]3C[C@H]4O[C@]45C[C@@H](O)CC[C@]5(C)[C@H]3CC[C@@]21C. The quantitative estimate of drug-likeness (QED) is 0.525. The van der Waals surface area contributed by atoms with E-state index in [9.17, 15) is 5.11 Å². The van der Waals surface area contributed by atoms with Crippen LogP contribution in [0.25, 0.3) is 0 Å². The van der Waals surface area contributed by atoms with Gasteiger partial charge in [0.15, 0.2) is 0 Å². The van der Waals surface area contributed by atoms with Crippen molar-refractivity contribution in [3.8, 4) is 0 Å². The van der Waals surface area contributed by atoms with Crippen molar-refractivity contribution in [3.05, 3.63) is 0 Å². The van der Waals surface area contributed by atoms with E-state index in [4.69, 9.17) is 4.74 Å². The monoisotopic (exact) mass is 402 g/mol. The molecule has 1 aliphatic heterocycles. The lowest BCUT2D eigenvalue weighted by Gasteiger charge is -2.59. The van der Waals surface area contributed by atoms with Gasteiger partial charge in [-0.25, -0.2) is 0 Å². The van der Waals surface area contributed by atoms with Crippen LogP contribution >= 0.6 is 0 Å². The molecular formula is C27H46O2. The third kappa shape index (κ3) is 2.94. The highest BCUT2D eigenvalue weighted by molar-refractivity contribution is 5.24. The number of ether oxygens (including phenoxy) is 1. The molecule has 5 aliphatic rings. The van der Waals surface area contributed by atoms with Gasteiger partial charge in [-0.3, -0.25) is 0 Å². The first-order chi connectivity index (χ1) is 13.7. The van der Waals surface area contributed by atoms with Gasteiger partial charge < -0.3 is 9.84 Å². The van der Waals surface area contributed by atoms with Gasteiger partial charge in [0, 0.05) is 11.8 Å². The van der Waals surface area contributed by atoms with Gasteiger partial charge in [-0.05, 0) is 85.9 Å². The maximum absolute atomic E-state index is 10.4. The molecule has 5 rings (SSSR count). The van der Waals surface area contributed by atoms with Crippen molar-refractivity contribution in [2.45, 2.75) is 123 Å². The average Bonchev–Trinajstić information content (AvgIpc) is 3.22. The average molecular weight is 403 g/mol. The van der Waals surface area contributed by atoms with Gasteiger partial charge in [-0.15, -0.1) is 0 Å². The number of rotatable bonds is 5. The highest BCUT2D eigenvalue weighted by Crippen LogP contribution is 2.74. The summed E-state index contributed by atoms with van der Waals surface area (Å²) in [5.74, 6) is 5.31. The second kappa shape index (κ2) is 6.96. The van der Waals surface area contributed by atoms with Crippen LogP contribution in [0, 0.1) is 46.3 Å². The molecule has 0 bridgehead atoms. The molecule has 2 nitrogen and oxygen atoms in total. The lowest BCUT2D eigenvalue weighted by atomic mass is 9.44. The van der Waals surface area contributed by atoms with Crippen LogP contribution in [0.3, 0.4) is 0 Å². The van der Waals surface area contributed by atoms with Crippen LogP contribution in [0.5, 0.6) is 0 Å². The predicted molar refractivity (Wildman–Crippen MR) is 119 cm³/mol. The predicted octanol–water partition coefficient (Wildman–Crippen LogP) is 6.60. The third-order valence-corrected chi connectivity index (χ3v) is 11.3.